The summed E-state index contributed by atoms with van der Waals surface area (Å²) in [6.45, 7) is 1.83. The summed E-state index contributed by atoms with van der Waals surface area (Å²) in [5.41, 5.74) is 3.67. The lowest BCUT2D eigenvalue weighted by molar-refractivity contribution is -0.116. The molecule has 2 aliphatic heterocycles. The minimum Gasteiger partial charge on any atom is -0.493 e. The normalized spacial score (nSPS) is 25.5. The lowest BCUT2D eigenvalue weighted by Gasteiger charge is -2.31. The van der Waals surface area contributed by atoms with E-state index in [9.17, 15) is 4.79 Å². The van der Waals surface area contributed by atoms with Crippen LogP contribution < -0.4 is 9.47 Å². The van der Waals surface area contributed by atoms with Crippen LogP contribution in [0.2, 0.25) is 0 Å². The topological polar surface area (TPSA) is 38.8 Å². The van der Waals surface area contributed by atoms with Crippen molar-refractivity contribution in [1.29, 1.82) is 0 Å². The third-order valence-corrected chi connectivity index (χ3v) is 5.58. The number of benzene rings is 1. The van der Waals surface area contributed by atoms with Gasteiger partial charge >= 0.3 is 0 Å². The zero-order valence-corrected chi connectivity index (χ0v) is 15.5. The summed E-state index contributed by atoms with van der Waals surface area (Å²) >= 11 is 3.69. The van der Waals surface area contributed by atoms with Crippen molar-refractivity contribution >= 4 is 34.1 Å². The second-order valence-electron chi connectivity index (χ2n) is 6.29. The smallest absolute Gasteiger partial charge is 0.165 e. The number of halogens is 2. The summed E-state index contributed by atoms with van der Waals surface area (Å²) in [6.07, 6.45) is 3.14. The van der Waals surface area contributed by atoms with E-state index < -0.39 is 0 Å². The molecular weight excluding hydrogens is 382 g/mol. The Kier molecular flexibility index (Phi) is 4.47. The standard InChI is InChI=1S/C17H18BrNO3.ClH/c1-19-4-3-9-5-10(20)6-13-15(9)16-11(8-19)12(18)7-14(21-2)17(16)22-13;/h5,7,13,15H,3-4,6,8H2,1-2H3;1H/t13-,15?;/m0./s1. The number of nitrogens with zero attached hydrogens (tertiary/aromatic N) is 1. The van der Waals surface area contributed by atoms with Crippen molar-refractivity contribution in [2.75, 3.05) is 20.7 Å². The van der Waals surface area contributed by atoms with Gasteiger partial charge in [0.25, 0.3) is 0 Å². The third-order valence-electron chi connectivity index (χ3n) is 4.87. The highest BCUT2D eigenvalue weighted by Gasteiger charge is 2.44. The van der Waals surface area contributed by atoms with Crippen molar-refractivity contribution in [3.8, 4) is 11.5 Å². The van der Waals surface area contributed by atoms with Crippen molar-refractivity contribution in [3.63, 3.8) is 0 Å². The van der Waals surface area contributed by atoms with E-state index in [1.54, 1.807) is 7.11 Å². The number of allylic oxidation sites excluding steroid dienone is 1. The Morgan fingerprint density at radius 1 is 1.43 bits per heavy atom. The summed E-state index contributed by atoms with van der Waals surface area (Å²) in [5.74, 6) is 1.94. The molecule has 0 saturated heterocycles. The van der Waals surface area contributed by atoms with Gasteiger partial charge in [0.2, 0.25) is 0 Å². The number of carbonyl (C=O) groups excluding carboxylic acids is 1. The molecule has 4 rings (SSSR count). The van der Waals surface area contributed by atoms with Crippen molar-refractivity contribution in [2.24, 2.45) is 0 Å². The van der Waals surface area contributed by atoms with Gasteiger partial charge in [-0.05, 0) is 31.2 Å². The lowest BCUT2D eigenvalue weighted by Crippen LogP contribution is -2.32. The van der Waals surface area contributed by atoms with Crippen LogP contribution in [0.4, 0.5) is 0 Å². The maximum Gasteiger partial charge on any atom is 0.165 e. The van der Waals surface area contributed by atoms with Crippen molar-refractivity contribution in [3.05, 3.63) is 33.3 Å². The van der Waals surface area contributed by atoms with E-state index in [0.717, 1.165) is 35.5 Å². The number of rotatable bonds is 1. The number of ether oxygens (including phenoxy) is 2. The van der Waals surface area contributed by atoms with E-state index in [0.29, 0.717) is 6.42 Å². The molecule has 4 nitrogen and oxygen atoms in total. The van der Waals surface area contributed by atoms with Crippen LogP contribution in [0, 0.1) is 0 Å². The summed E-state index contributed by atoms with van der Waals surface area (Å²) in [7, 11) is 3.77. The van der Waals surface area contributed by atoms with E-state index in [4.69, 9.17) is 9.47 Å². The molecule has 124 valence electrons. The van der Waals surface area contributed by atoms with Crippen LogP contribution in [0.5, 0.6) is 11.5 Å². The molecule has 2 heterocycles. The average Bonchev–Trinajstić information content (AvgIpc) is 2.84. The first-order chi connectivity index (χ1) is 10.6. The van der Waals surface area contributed by atoms with Gasteiger partial charge in [-0.3, -0.25) is 4.79 Å². The molecule has 0 bridgehead atoms. The zero-order chi connectivity index (χ0) is 15.4. The van der Waals surface area contributed by atoms with Crippen LogP contribution in [0.1, 0.15) is 29.9 Å². The quantitative estimate of drug-likeness (QED) is 0.724. The SMILES string of the molecule is COc1cc(Br)c2c3c1O[C@H]1CC(=O)C=C(CCN(C)C2)C31.Cl. The van der Waals surface area contributed by atoms with Crippen LogP contribution >= 0.6 is 28.3 Å². The van der Waals surface area contributed by atoms with Gasteiger partial charge in [0, 0.05) is 35.5 Å². The van der Waals surface area contributed by atoms with Crippen LogP contribution in [-0.2, 0) is 11.3 Å². The Morgan fingerprint density at radius 2 is 2.22 bits per heavy atom. The van der Waals surface area contributed by atoms with Gasteiger partial charge in [0.05, 0.1) is 7.11 Å². The fourth-order valence-corrected chi connectivity index (χ4v) is 4.42. The summed E-state index contributed by atoms with van der Waals surface area (Å²) in [6, 6.07) is 1.98. The molecule has 0 fully saturated rings. The molecule has 23 heavy (non-hydrogen) atoms. The first-order valence-electron chi connectivity index (χ1n) is 7.56. The largest absolute Gasteiger partial charge is 0.493 e. The molecule has 6 heteroatoms. The molecule has 0 saturated carbocycles. The fraction of sp³-hybridized carbons (Fsp3) is 0.471. The highest BCUT2D eigenvalue weighted by atomic mass is 79.9. The number of carbonyl (C=O) groups is 1. The van der Waals surface area contributed by atoms with Gasteiger partial charge in [-0.15, -0.1) is 12.4 Å². The van der Waals surface area contributed by atoms with Gasteiger partial charge in [-0.1, -0.05) is 21.5 Å². The van der Waals surface area contributed by atoms with E-state index in [2.05, 4.69) is 27.9 Å². The van der Waals surface area contributed by atoms with E-state index >= 15 is 0 Å². The fourth-order valence-electron chi connectivity index (χ4n) is 3.87. The molecule has 0 aromatic heterocycles. The Hall–Kier alpha value is -1.04. The zero-order valence-electron chi connectivity index (χ0n) is 13.1. The Bertz CT molecular complexity index is 704. The molecule has 3 aliphatic rings. The summed E-state index contributed by atoms with van der Waals surface area (Å²) < 4.78 is 12.7. The first-order valence-corrected chi connectivity index (χ1v) is 8.35. The molecule has 1 unspecified atom stereocenters. The highest BCUT2D eigenvalue weighted by Crippen LogP contribution is 2.54. The van der Waals surface area contributed by atoms with Crippen molar-refractivity contribution in [2.45, 2.75) is 31.4 Å². The molecule has 0 radical (unpaired) electrons. The number of methoxy groups -OCH3 is 1. The second kappa shape index (κ2) is 6.11. The van der Waals surface area contributed by atoms with Gasteiger partial charge in [-0.25, -0.2) is 0 Å². The number of hydrogen-bond donors (Lipinski definition) is 0. The molecule has 0 spiro atoms. The minimum atomic E-state index is -0.0761. The van der Waals surface area contributed by atoms with Crippen LogP contribution in [0.25, 0.3) is 0 Å². The Morgan fingerprint density at radius 3 is 2.96 bits per heavy atom. The maximum atomic E-state index is 12.0. The van der Waals surface area contributed by atoms with Crippen molar-refractivity contribution in [1.82, 2.24) is 4.90 Å². The van der Waals surface area contributed by atoms with Gasteiger partial charge in [0.1, 0.15) is 6.10 Å². The van der Waals surface area contributed by atoms with E-state index in [-0.39, 0.29) is 30.2 Å². The molecule has 1 aliphatic carbocycles. The molecule has 2 atom stereocenters. The molecule has 0 amide bonds. The summed E-state index contributed by atoms with van der Waals surface area (Å²) in [4.78, 5) is 14.3. The number of hydrogen-bond acceptors (Lipinski definition) is 4. The van der Waals surface area contributed by atoms with Gasteiger partial charge in [0.15, 0.2) is 17.3 Å². The second-order valence-corrected chi connectivity index (χ2v) is 7.15. The number of ketones is 1. The van der Waals surface area contributed by atoms with Crippen LogP contribution in [0.15, 0.2) is 22.2 Å². The van der Waals surface area contributed by atoms with E-state index in [1.807, 2.05) is 12.1 Å². The molecule has 1 aromatic carbocycles. The van der Waals surface area contributed by atoms with Gasteiger partial charge < -0.3 is 14.4 Å². The van der Waals surface area contributed by atoms with Crippen molar-refractivity contribution < 1.29 is 14.3 Å². The first kappa shape index (κ1) is 16.8. The predicted molar refractivity (Wildman–Crippen MR) is 93.8 cm³/mol. The molecule has 0 N–H and O–H groups in total. The molecule has 1 aromatic rings. The highest BCUT2D eigenvalue weighted by molar-refractivity contribution is 9.10. The predicted octanol–water partition coefficient (Wildman–Crippen LogP) is 3.46. The van der Waals surface area contributed by atoms with Gasteiger partial charge in [-0.2, -0.15) is 0 Å². The van der Waals surface area contributed by atoms with Crippen LogP contribution in [0.3, 0.4) is 0 Å². The lowest BCUT2D eigenvalue weighted by atomic mass is 9.77. The maximum absolute atomic E-state index is 12.0. The van der Waals surface area contributed by atoms with E-state index in [1.165, 1.54) is 16.7 Å². The Labute approximate surface area is 150 Å². The molecular formula is C17H19BrClNO3. The summed E-state index contributed by atoms with van der Waals surface area (Å²) in [5, 5.41) is 0. The average molecular weight is 401 g/mol. The minimum absolute atomic E-state index is 0. The Balaban J connectivity index is 0.00000156. The third kappa shape index (κ3) is 2.59. The van der Waals surface area contributed by atoms with Crippen LogP contribution in [-0.4, -0.2) is 37.5 Å². The monoisotopic (exact) mass is 399 g/mol.